The Bertz CT molecular complexity index is 1880. The van der Waals surface area contributed by atoms with E-state index in [9.17, 15) is 58.8 Å². The van der Waals surface area contributed by atoms with Gasteiger partial charge in [-0.15, -0.1) is 0 Å². The third kappa shape index (κ3) is 26.9. The number of nitrogens with one attached hydrogen (secondary N) is 6. The van der Waals surface area contributed by atoms with E-state index in [0.29, 0.717) is 90.8 Å². The Kier molecular flexibility index (Phi) is 33.8. The number of aliphatic hydroxyl groups excluding tert-OH is 4. The highest BCUT2D eigenvalue weighted by Crippen LogP contribution is 2.38. The Balaban J connectivity index is 1.01. The second kappa shape index (κ2) is 39.4. The predicted molar refractivity (Wildman–Crippen MR) is 298 cm³/mol. The molecular weight excluding hydrogens is 1090 g/mol. The number of unbranched alkanes of at least 4 members (excludes halogenated alkanes) is 9. The third-order valence-electron chi connectivity index (χ3n) is 15.0. The Morgan fingerprint density at radius 1 is 0.458 bits per heavy atom. The minimum atomic E-state index is -1.33. The molecule has 4 heterocycles. The zero-order valence-electron chi connectivity index (χ0n) is 49.3. The molecule has 83 heavy (non-hydrogen) atoms. The van der Waals surface area contributed by atoms with Gasteiger partial charge in [-0.3, -0.25) is 33.6 Å². The molecule has 6 amide bonds. The van der Waals surface area contributed by atoms with Crippen molar-refractivity contribution < 1.29 is 96.7 Å². The van der Waals surface area contributed by atoms with Crippen LogP contribution in [0.2, 0.25) is 0 Å². The summed E-state index contributed by atoms with van der Waals surface area (Å²) in [7, 11) is 0. The van der Waals surface area contributed by atoms with Crippen molar-refractivity contribution in [2.45, 2.75) is 216 Å². The molecule has 10 N–H and O–H groups in total. The van der Waals surface area contributed by atoms with Crippen LogP contribution in [-0.2, 0) is 76.3 Å². The first kappa shape index (κ1) is 71.2. The number of rotatable bonds is 47. The first-order valence-corrected chi connectivity index (χ1v) is 30.1. The van der Waals surface area contributed by atoms with Crippen LogP contribution in [0.25, 0.3) is 0 Å². The molecule has 4 bridgehead atoms. The van der Waals surface area contributed by atoms with E-state index in [4.69, 9.17) is 37.9 Å². The quantitative estimate of drug-likeness (QED) is 0.0364. The van der Waals surface area contributed by atoms with Crippen LogP contribution in [-0.4, -0.2) is 220 Å². The highest BCUT2D eigenvalue weighted by molar-refractivity contribution is 5.79. The molecule has 26 nitrogen and oxygen atoms in total. The number of amides is 6. The Hall–Kier alpha value is -4.32. The smallest absolute Gasteiger partial charge is 0.222 e. The van der Waals surface area contributed by atoms with Gasteiger partial charge in [0.25, 0.3) is 0 Å². The molecule has 0 aromatic carbocycles. The van der Waals surface area contributed by atoms with Crippen LogP contribution in [0.15, 0.2) is 0 Å². The van der Waals surface area contributed by atoms with Crippen LogP contribution in [0, 0.1) is 5.92 Å². The lowest BCUT2D eigenvalue weighted by Gasteiger charge is -2.42. The Morgan fingerprint density at radius 3 is 1.23 bits per heavy atom. The Labute approximate surface area is 488 Å². The van der Waals surface area contributed by atoms with E-state index in [1.165, 1.54) is 13.8 Å². The van der Waals surface area contributed by atoms with Gasteiger partial charge in [-0.05, 0) is 58.3 Å². The minimum absolute atomic E-state index is 0.00484. The topological polar surface area (TPSA) is 364 Å². The molecule has 26 heteroatoms. The summed E-state index contributed by atoms with van der Waals surface area (Å²) in [6.45, 7) is 6.82. The number of aliphatic hydroxyl groups is 4. The van der Waals surface area contributed by atoms with Crippen LogP contribution in [0.1, 0.15) is 156 Å². The number of ether oxygens (including phenoxy) is 8. The molecule has 0 aromatic heterocycles. The van der Waals surface area contributed by atoms with Gasteiger partial charge in [0.2, 0.25) is 35.4 Å². The van der Waals surface area contributed by atoms with Gasteiger partial charge in [0.05, 0.1) is 52.9 Å². The van der Waals surface area contributed by atoms with Crippen LogP contribution < -0.4 is 31.9 Å². The van der Waals surface area contributed by atoms with Gasteiger partial charge in [-0.2, -0.15) is 0 Å². The fraction of sp³-hybridized carbons (Fsp3) is 0.860. The van der Waals surface area contributed by atoms with Gasteiger partial charge in [0.1, 0.15) is 59.3 Å². The number of Topliss-reactive ketones (excluding diaryl/α,β-unsaturated/α-hetero) is 2. The van der Waals surface area contributed by atoms with Gasteiger partial charge in [-0.25, -0.2) is 0 Å². The maximum Gasteiger partial charge on any atom is 0.222 e. The molecule has 4 saturated heterocycles. The molecule has 4 aliphatic rings. The van der Waals surface area contributed by atoms with Crippen molar-refractivity contribution >= 4 is 47.0 Å². The summed E-state index contributed by atoms with van der Waals surface area (Å²) in [5, 5.41) is 58.9. The average Bonchev–Trinajstić information content (AvgIpc) is 3.54. The lowest BCUT2D eigenvalue weighted by Crippen LogP contribution is -2.66. The summed E-state index contributed by atoms with van der Waals surface area (Å²) < 4.78 is 45.9. The van der Waals surface area contributed by atoms with E-state index < -0.39 is 60.3 Å². The molecule has 0 unspecified atom stereocenters. The van der Waals surface area contributed by atoms with Crippen LogP contribution in [0.5, 0.6) is 0 Å². The maximum atomic E-state index is 13.1. The molecule has 0 radical (unpaired) electrons. The van der Waals surface area contributed by atoms with Crippen molar-refractivity contribution in [3.63, 3.8) is 0 Å². The van der Waals surface area contributed by atoms with E-state index in [1.54, 1.807) is 6.92 Å². The molecule has 4 aliphatic heterocycles. The maximum absolute atomic E-state index is 13.1. The van der Waals surface area contributed by atoms with Crippen LogP contribution >= 0.6 is 0 Å². The Morgan fingerprint density at radius 2 is 0.831 bits per heavy atom. The number of fused-ring (bicyclic) bond motifs is 4. The second-order valence-corrected chi connectivity index (χ2v) is 22.5. The summed E-state index contributed by atoms with van der Waals surface area (Å²) in [5.74, 6) is -1.43. The normalized spacial score (nSPS) is 25.2. The van der Waals surface area contributed by atoms with Crippen LogP contribution in [0.4, 0.5) is 0 Å². The molecule has 476 valence electrons. The van der Waals surface area contributed by atoms with Crippen molar-refractivity contribution in [3.8, 4) is 0 Å². The lowest BCUT2D eigenvalue weighted by atomic mass is 9.88. The highest BCUT2D eigenvalue weighted by Gasteiger charge is 2.61. The molecule has 10 atom stereocenters. The minimum Gasteiger partial charge on any atom is -0.388 e. The van der Waals surface area contributed by atoms with Crippen LogP contribution in [0.3, 0.4) is 0 Å². The summed E-state index contributed by atoms with van der Waals surface area (Å²) >= 11 is 0. The van der Waals surface area contributed by atoms with Crippen molar-refractivity contribution in [1.82, 2.24) is 31.9 Å². The van der Waals surface area contributed by atoms with Gasteiger partial charge in [0, 0.05) is 104 Å². The number of carbonyl (C=O) groups excluding carboxylic acids is 8. The predicted octanol–water partition coefficient (Wildman–Crippen LogP) is 0.188. The molecule has 0 aromatic rings. The van der Waals surface area contributed by atoms with E-state index in [2.05, 4.69) is 31.9 Å². The first-order chi connectivity index (χ1) is 39.8. The zero-order valence-corrected chi connectivity index (χ0v) is 49.3. The van der Waals surface area contributed by atoms with Gasteiger partial charge < -0.3 is 95.0 Å². The van der Waals surface area contributed by atoms with Gasteiger partial charge in [0.15, 0.2) is 12.6 Å². The average molecular weight is 1190 g/mol. The summed E-state index contributed by atoms with van der Waals surface area (Å²) in [4.78, 5) is 97.0. The molecule has 4 rings (SSSR count). The number of carbonyl (C=O) groups is 8. The fourth-order valence-electron chi connectivity index (χ4n) is 10.2. The largest absolute Gasteiger partial charge is 0.388 e. The third-order valence-corrected chi connectivity index (χ3v) is 15.0. The fourth-order valence-corrected chi connectivity index (χ4v) is 10.2. The SMILES string of the molecule is CC(=O)CCCCCCCCCCC(=O)CC(COCCC(=O)NCCCNC(=O)CCCCOC[C@@]12CO[C@@H](O1)[C@H](NC(C)=O)[C@@H](O)[C@H]2O)COCCC(=O)NCCCNC(=O)CCCCOC[C@@]12CO[C@@H](O1)[C@H](NC(C)=O)[C@@H](O)[C@H]2O. The highest BCUT2D eigenvalue weighted by atomic mass is 16.8. The van der Waals surface area contributed by atoms with Gasteiger partial charge in [-0.1, -0.05) is 38.5 Å². The monoisotopic (exact) mass is 1190 g/mol. The molecule has 0 aliphatic carbocycles. The molecule has 4 fully saturated rings. The standard InChI is InChI=1S/C57H98N6O20/c1-39(64)18-10-8-6-4-5-7-9-11-19-43(67)32-42(33-76-30-22-46(70)60-26-16-24-58-44(68)20-12-14-28-78-35-56-37-80-54(82-56)48(62-40(2)65)50(72)52(56)74)34-77-31-23-47(71)61-27-17-25-59-45(69)21-13-15-29-79-36-57-38-81-55(83-57)49(63-41(3)66)51(73)53(57)75/h42,48-55,72-75H,4-38H2,1-3H3,(H,58,68)(H,59,69)(H,60,70)(H,61,71)(H,62,65)(H,63,66)/t48-,49-,50-,51-,52-,53-,54+,55+,56+,57+/m1/s1. The van der Waals surface area contributed by atoms with E-state index >= 15 is 0 Å². The molecule has 0 saturated carbocycles. The lowest BCUT2D eigenvalue weighted by molar-refractivity contribution is -0.237. The van der Waals surface area contributed by atoms with E-state index in [1.807, 2.05) is 0 Å². The summed E-state index contributed by atoms with van der Waals surface area (Å²) in [6.07, 6.45) is 6.40. The van der Waals surface area contributed by atoms with Crippen molar-refractivity contribution in [3.05, 3.63) is 0 Å². The van der Waals surface area contributed by atoms with E-state index in [-0.39, 0.29) is 138 Å². The summed E-state index contributed by atoms with van der Waals surface area (Å²) in [5.41, 5.74) is -2.50. The van der Waals surface area contributed by atoms with Gasteiger partial charge >= 0.3 is 0 Å². The number of ketones is 2. The molecule has 0 spiro atoms. The number of hydrogen-bond acceptors (Lipinski definition) is 20. The second-order valence-electron chi connectivity index (χ2n) is 22.5. The molecular formula is C57H98N6O20. The van der Waals surface area contributed by atoms with Crippen molar-refractivity contribution in [2.75, 3.05) is 92.2 Å². The summed E-state index contributed by atoms with van der Waals surface area (Å²) in [6, 6.07) is -1.80. The van der Waals surface area contributed by atoms with E-state index in [0.717, 1.165) is 51.4 Å². The van der Waals surface area contributed by atoms with Crippen molar-refractivity contribution in [2.24, 2.45) is 5.92 Å². The number of hydrogen-bond donors (Lipinski definition) is 10. The zero-order chi connectivity index (χ0) is 60.5. The van der Waals surface area contributed by atoms with Crippen molar-refractivity contribution in [1.29, 1.82) is 0 Å². The first-order valence-electron chi connectivity index (χ1n) is 30.1.